The van der Waals surface area contributed by atoms with Crippen molar-refractivity contribution >= 4 is 39.3 Å². The lowest BCUT2D eigenvalue weighted by atomic mass is 10.2. The highest BCUT2D eigenvalue weighted by Gasteiger charge is 2.17. The minimum atomic E-state index is -0.348. The molecular weight excluding hydrogens is 431 g/mol. The molecule has 1 N–H and O–H groups in total. The Morgan fingerprint density at radius 1 is 1.26 bits per heavy atom. The van der Waals surface area contributed by atoms with Gasteiger partial charge in [0.05, 0.1) is 11.3 Å². The van der Waals surface area contributed by atoms with E-state index in [1.807, 2.05) is 32.0 Å². The Balaban J connectivity index is 1.70. The molecule has 3 rings (SSSR count). The number of aromatic nitrogens is 3. The lowest BCUT2D eigenvalue weighted by molar-refractivity contribution is -0.113. The van der Waals surface area contributed by atoms with E-state index in [-0.39, 0.29) is 17.5 Å². The average Bonchev–Trinajstić information content (AvgIpc) is 3.06. The molecule has 0 radical (unpaired) electrons. The predicted octanol–water partition coefficient (Wildman–Crippen LogP) is 4.91. The van der Waals surface area contributed by atoms with Gasteiger partial charge in [0.15, 0.2) is 11.0 Å². The summed E-state index contributed by atoms with van der Waals surface area (Å²) in [6.45, 7) is 4.47. The third-order valence-corrected chi connectivity index (χ3v) is 5.78. The number of thioether (sulfide) groups is 1. The molecule has 0 spiro atoms. The molecule has 27 heavy (non-hydrogen) atoms. The zero-order chi connectivity index (χ0) is 19.4. The highest BCUT2D eigenvalue weighted by Crippen LogP contribution is 2.26. The van der Waals surface area contributed by atoms with Crippen molar-refractivity contribution < 1.29 is 9.18 Å². The monoisotopic (exact) mass is 448 g/mol. The van der Waals surface area contributed by atoms with Crippen molar-refractivity contribution in [3.05, 3.63) is 58.3 Å². The van der Waals surface area contributed by atoms with Gasteiger partial charge < -0.3 is 9.88 Å². The lowest BCUT2D eigenvalue weighted by Crippen LogP contribution is -2.14. The Bertz CT molecular complexity index is 976. The lowest BCUT2D eigenvalue weighted by Gasteiger charge is -2.09. The van der Waals surface area contributed by atoms with E-state index in [9.17, 15) is 9.18 Å². The van der Waals surface area contributed by atoms with Gasteiger partial charge in [-0.25, -0.2) is 4.39 Å². The molecule has 1 amide bonds. The van der Waals surface area contributed by atoms with Crippen LogP contribution >= 0.6 is 27.7 Å². The van der Waals surface area contributed by atoms with Crippen LogP contribution in [0.4, 0.5) is 10.1 Å². The van der Waals surface area contributed by atoms with E-state index in [1.165, 1.54) is 17.8 Å². The molecule has 0 saturated heterocycles. The van der Waals surface area contributed by atoms with E-state index >= 15 is 0 Å². The van der Waals surface area contributed by atoms with Gasteiger partial charge in [0.2, 0.25) is 5.91 Å². The topological polar surface area (TPSA) is 59.8 Å². The molecule has 2 aromatic carbocycles. The smallest absolute Gasteiger partial charge is 0.234 e. The van der Waals surface area contributed by atoms with Crippen LogP contribution in [0.15, 0.2) is 52.1 Å². The fourth-order valence-corrected chi connectivity index (χ4v) is 3.62. The third kappa shape index (κ3) is 4.56. The van der Waals surface area contributed by atoms with Crippen molar-refractivity contribution in [3.8, 4) is 11.4 Å². The first kappa shape index (κ1) is 19.6. The second-order valence-electron chi connectivity index (χ2n) is 5.83. The first-order valence-corrected chi connectivity index (χ1v) is 10.1. The standard InChI is InChI=1S/C19H18BrFN4OS/c1-3-25-18(14-6-4-5-7-16(14)21)23-24-19(25)27-11-17(26)22-13-8-9-15(20)12(2)10-13/h4-10H,3,11H2,1-2H3,(H,22,26). The summed E-state index contributed by atoms with van der Waals surface area (Å²) in [6, 6.07) is 12.1. The fraction of sp³-hybridized carbons (Fsp3) is 0.211. The van der Waals surface area contributed by atoms with E-state index in [0.29, 0.717) is 23.1 Å². The maximum atomic E-state index is 14.1. The Morgan fingerprint density at radius 3 is 2.74 bits per heavy atom. The minimum Gasteiger partial charge on any atom is -0.325 e. The van der Waals surface area contributed by atoms with Gasteiger partial charge in [0.1, 0.15) is 5.82 Å². The molecule has 0 aliphatic rings. The van der Waals surface area contributed by atoms with Crippen molar-refractivity contribution in [1.29, 1.82) is 0 Å². The van der Waals surface area contributed by atoms with Gasteiger partial charge in [-0.1, -0.05) is 39.8 Å². The van der Waals surface area contributed by atoms with Gasteiger partial charge in [-0.15, -0.1) is 10.2 Å². The summed E-state index contributed by atoms with van der Waals surface area (Å²) in [5.41, 5.74) is 2.18. The molecule has 0 saturated carbocycles. The van der Waals surface area contributed by atoms with Gasteiger partial charge >= 0.3 is 0 Å². The first-order chi connectivity index (χ1) is 13.0. The molecule has 140 valence electrons. The van der Waals surface area contributed by atoms with Crippen molar-refractivity contribution in [2.45, 2.75) is 25.5 Å². The van der Waals surface area contributed by atoms with Crippen LogP contribution in [0, 0.1) is 12.7 Å². The van der Waals surface area contributed by atoms with E-state index in [4.69, 9.17) is 0 Å². The van der Waals surface area contributed by atoms with E-state index in [1.54, 1.807) is 22.8 Å². The molecule has 1 aromatic heterocycles. The molecule has 1 heterocycles. The SMILES string of the molecule is CCn1c(SCC(=O)Nc2ccc(Br)c(C)c2)nnc1-c1ccccc1F. The van der Waals surface area contributed by atoms with Crippen LogP contribution in [0.3, 0.4) is 0 Å². The van der Waals surface area contributed by atoms with Gasteiger partial charge in [-0.2, -0.15) is 0 Å². The number of hydrogen-bond acceptors (Lipinski definition) is 4. The first-order valence-electron chi connectivity index (χ1n) is 8.36. The van der Waals surface area contributed by atoms with Crippen LogP contribution in [-0.2, 0) is 11.3 Å². The van der Waals surface area contributed by atoms with Gasteiger partial charge in [0.25, 0.3) is 0 Å². The summed E-state index contributed by atoms with van der Waals surface area (Å²) < 4.78 is 16.9. The molecule has 0 aliphatic carbocycles. The number of hydrogen-bond donors (Lipinski definition) is 1. The molecule has 0 atom stereocenters. The number of carbonyl (C=O) groups excluding carboxylic acids is 1. The molecule has 5 nitrogen and oxygen atoms in total. The highest BCUT2D eigenvalue weighted by molar-refractivity contribution is 9.10. The number of anilines is 1. The molecule has 8 heteroatoms. The van der Waals surface area contributed by atoms with E-state index in [2.05, 4.69) is 31.4 Å². The van der Waals surface area contributed by atoms with Gasteiger partial charge in [-0.05, 0) is 49.7 Å². The maximum absolute atomic E-state index is 14.1. The zero-order valence-electron chi connectivity index (χ0n) is 14.9. The molecule has 0 bridgehead atoms. The van der Waals surface area contributed by atoms with Crippen LogP contribution in [-0.4, -0.2) is 26.4 Å². The summed E-state index contributed by atoms with van der Waals surface area (Å²) in [5.74, 6) is 0.159. The number of amides is 1. The van der Waals surface area contributed by atoms with E-state index in [0.717, 1.165) is 15.7 Å². The minimum absolute atomic E-state index is 0.139. The second kappa shape index (κ2) is 8.67. The van der Waals surface area contributed by atoms with Gasteiger partial charge in [-0.3, -0.25) is 4.79 Å². The largest absolute Gasteiger partial charge is 0.325 e. The maximum Gasteiger partial charge on any atom is 0.234 e. The number of aryl methyl sites for hydroxylation is 1. The van der Waals surface area contributed by atoms with Crippen molar-refractivity contribution in [2.75, 3.05) is 11.1 Å². The zero-order valence-corrected chi connectivity index (χ0v) is 17.3. The van der Waals surface area contributed by atoms with Crippen molar-refractivity contribution in [3.63, 3.8) is 0 Å². The summed E-state index contributed by atoms with van der Waals surface area (Å²) >= 11 is 4.71. The Labute approximate surface area is 169 Å². The molecule has 0 fully saturated rings. The number of rotatable bonds is 6. The molecule has 3 aromatic rings. The Hall–Kier alpha value is -2.19. The summed E-state index contributed by atoms with van der Waals surface area (Å²) in [6.07, 6.45) is 0. The third-order valence-electron chi connectivity index (χ3n) is 3.92. The number of benzene rings is 2. The molecule has 0 unspecified atom stereocenters. The predicted molar refractivity (Wildman–Crippen MR) is 109 cm³/mol. The van der Waals surface area contributed by atoms with E-state index < -0.39 is 0 Å². The number of halogens is 2. The molecule has 0 aliphatic heterocycles. The Morgan fingerprint density at radius 2 is 2.04 bits per heavy atom. The number of nitrogens with one attached hydrogen (secondary N) is 1. The number of nitrogens with zero attached hydrogens (tertiary/aromatic N) is 3. The van der Waals surface area contributed by atoms with Crippen LogP contribution in [0.25, 0.3) is 11.4 Å². The second-order valence-corrected chi connectivity index (χ2v) is 7.63. The fourth-order valence-electron chi connectivity index (χ4n) is 2.57. The Kier molecular flexibility index (Phi) is 6.28. The van der Waals surface area contributed by atoms with Crippen LogP contribution < -0.4 is 5.32 Å². The number of carbonyl (C=O) groups is 1. The van der Waals surface area contributed by atoms with Crippen molar-refractivity contribution in [2.24, 2.45) is 0 Å². The highest BCUT2D eigenvalue weighted by atomic mass is 79.9. The normalized spacial score (nSPS) is 10.8. The average molecular weight is 449 g/mol. The van der Waals surface area contributed by atoms with Crippen LogP contribution in [0.1, 0.15) is 12.5 Å². The van der Waals surface area contributed by atoms with Crippen LogP contribution in [0.2, 0.25) is 0 Å². The quantitative estimate of drug-likeness (QED) is 0.544. The van der Waals surface area contributed by atoms with Gasteiger partial charge in [0, 0.05) is 16.7 Å². The van der Waals surface area contributed by atoms with Crippen LogP contribution in [0.5, 0.6) is 0 Å². The summed E-state index contributed by atoms with van der Waals surface area (Å²) in [7, 11) is 0. The summed E-state index contributed by atoms with van der Waals surface area (Å²) in [5, 5.41) is 11.7. The van der Waals surface area contributed by atoms with Crippen molar-refractivity contribution in [1.82, 2.24) is 14.8 Å². The summed E-state index contributed by atoms with van der Waals surface area (Å²) in [4.78, 5) is 12.3. The molecular formula is C19H18BrFN4OS.